The molecule has 112 valence electrons. The molecule has 0 aliphatic carbocycles. The lowest BCUT2D eigenvalue weighted by molar-refractivity contribution is 0.0720. The van der Waals surface area contributed by atoms with E-state index in [2.05, 4.69) is 4.98 Å². The summed E-state index contributed by atoms with van der Waals surface area (Å²) in [5.74, 6) is 0.0547. The Bertz CT molecular complexity index is 850. The van der Waals surface area contributed by atoms with Crippen LogP contribution >= 0.6 is 0 Å². The number of aromatic amines is 1. The number of carbonyl (C=O) groups excluding carboxylic acids is 1. The van der Waals surface area contributed by atoms with Crippen LogP contribution in [0.3, 0.4) is 0 Å². The van der Waals surface area contributed by atoms with Crippen molar-refractivity contribution in [3.05, 3.63) is 70.4 Å². The molecular formula is C17H16N2O3. The maximum atomic E-state index is 12.3. The minimum absolute atomic E-state index is 0.176. The molecule has 0 unspecified atom stereocenters. The van der Waals surface area contributed by atoms with E-state index in [9.17, 15) is 9.59 Å². The highest BCUT2D eigenvalue weighted by molar-refractivity contribution is 5.91. The first-order valence-corrected chi connectivity index (χ1v) is 7.12. The highest BCUT2D eigenvalue weighted by Crippen LogP contribution is 2.13. The molecular weight excluding hydrogens is 280 g/mol. The van der Waals surface area contributed by atoms with Gasteiger partial charge in [-0.2, -0.15) is 0 Å². The fourth-order valence-corrected chi connectivity index (χ4v) is 2.40. The molecule has 5 nitrogen and oxygen atoms in total. The Labute approximate surface area is 127 Å². The van der Waals surface area contributed by atoms with E-state index in [1.807, 2.05) is 37.3 Å². The molecule has 0 aliphatic heterocycles. The summed E-state index contributed by atoms with van der Waals surface area (Å²) in [5.41, 5.74) is 1.17. The van der Waals surface area contributed by atoms with Crippen LogP contribution < -0.4 is 5.56 Å². The molecule has 0 saturated heterocycles. The lowest BCUT2D eigenvalue weighted by atomic mass is 10.1. The van der Waals surface area contributed by atoms with Crippen LogP contribution in [0.5, 0.6) is 0 Å². The van der Waals surface area contributed by atoms with Crippen molar-refractivity contribution in [2.45, 2.75) is 13.5 Å². The number of furan rings is 1. The highest BCUT2D eigenvalue weighted by atomic mass is 16.3. The van der Waals surface area contributed by atoms with E-state index in [0.717, 1.165) is 10.9 Å². The van der Waals surface area contributed by atoms with Gasteiger partial charge in [-0.25, -0.2) is 0 Å². The van der Waals surface area contributed by atoms with Crippen molar-refractivity contribution in [2.24, 2.45) is 0 Å². The van der Waals surface area contributed by atoms with Gasteiger partial charge >= 0.3 is 0 Å². The SMILES string of the molecule is CCN(Cc1cc2ccccc2[nH]c1=O)C(=O)c1ccco1. The lowest BCUT2D eigenvalue weighted by Crippen LogP contribution is -2.32. The Kier molecular flexibility index (Phi) is 3.78. The van der Waals surface area contributed by atoms with Gasteiger partial charge in [0.25, 0.3) is 11.5 Å². The second-order valence-corrected chi connectivity index (χ2v) is 5.01. The Morgan fingerprint density at radius 1 is 1.23 bits per heavy atom. The summed E-state index contributed by atoms with van der Waals surface area (Å²) in [6, 6.07) is 12.7. The van der Waals surface area contributed by atoms with Crippen molar-refractivity contribution in [1.82, 2.24) is 9.88 Å². The third kappa shape index (κ3) is 2.65. The van der Waals surface area contributed by atoms with Crippen LogP contribution in [0.2, 0.25) is 0 Å². The number of benzene rings is 1. The number of amides is 1. The molecule has 3 aromatic rings. The van der Waals surface area contributed by atoms with Crippen LogP contribution in [0.1, 0.15) is 23.0 Å². The number of hydrogen-bond donors (Lipinski definition) is 1. The van der Waals surface area contributed by atoms with Gasteiger partial charge in [-0.1, -0.05) is 18.2 Å². The standard InChI is InChI=1S/C17H16N2O3/c1-2-19(17(21)15-8-5-9-22-15)11-13-10-12-6-3-4-7-14(12)18-16(13)20/h3-10H,2,11H2,1H3,(H,18,20). The molecule has 5 heteroatoms. The molecule has 22 heavy (non-hydrogen) atoms. The van der Waals surface area contributed by atoms with Gasteiger partial charge < -0.3 is 14.3 Å². The van der Waals surface area contributed by atoms with Crippen LogP contribution in [-0.2, 0) is 6.54 Å². The summed E-state index contributed by atoms with van der Waals surface area (Å²) in [4.78, 5) is 28.9. The average molecular weight is 296 g/mol. The van der Waals surface area contributed by atoms with Gasteiger partial charge in [0.05, 0.1) is 12.8 Å². The van der Waals surface area contributed by atoms with E-state index >= 15 is 0 Å². The minimum atomic E-state index is -0.222. The van der Waals surface area contributed by atoms with Gasteiger partial charge in [0, 0.05) is 17.6 Å². The minimum Gasteiger partial charge on any atom is -0.459 e. The summed E-state index contributed by atoms with van der Waals surface area (Å²) >= 11 is 0. The summed E-state index contributed by atoms with van der Waals surface area (Å²) in [6.07, 6.45) is 1.46. The maximum Gasteiger partial charge on any atom is 0.289 e. The molecule has 3 rings (SSSR count). The second-order valence-electron chi connectivity index (χ2n) is 5.01. The van der Waals surface area contributed by atoms with Crippen LogP contribution in [0.25, 0.3) is 10.9 Å². The number of pyridine rings is 1. The van der Waals surface area contributed by atoms with Gasteiger partial charge in [0.2, 0.25) is 0 Å². The van der Waals surface area contributed by atoms with Crippen LogP contribution in [0, 0.1) is 0 Å². The van der Waals surface area contributed by atoms with Crippen LogP contribution in [0.15, 0.2) is 57.9 Å². The molecule has 1 aromatic carbocycles. The number of H-pyrrole nitrogens is 1. The summed E-state index contributed by atoms with van der Waals surface area (Å²) < 4.78 is 5.14. The monoisotopic (exact) mass is 296 g/mol. The Hall–Kier alpha value is -2.82. The maximum absolute atomic E-state index is 12.3. The third-order valence-electron chi connectivity index (χ3n) is 3.59. The molecule has 0 radical (unpaired) electrons. The first-order valence-electron chi connectivity index (χ1n) is 7.12. The van der Waals surface area contributed by atoms with Crippen molar-refractivity contribution in [3.8, 4) is 0 Å². The number of rotatable bonds is 4. The van der Waals surface area contributed by atoms with Crippen LogP contribution in [-0.4, -0.2) is 22.3 Å². The molecule has 0 aliphatic rings. The fourth-order valence-electron chi connectivity index (χ4n) is 2.40. The van der Waals surface area contributed by atoms with Gasteiger partial charge in [-0.15, -0.1) is 0 Å². The quantitative estimate of drug-likeness (QED) is 0.805. The molecule has 0 spiro atoms. The van der Waals surface area contributed by atoms with E-state index in [0.29, 0.717) is 12.1 Å². The molecule has 2 aromatic heterocycles. The second kappa shape index (κ2) is 5.89. The first kappa shape index (κ1) is 14.1. The molecule has 0 bridgehead atoms. The van der Waals surface area contributed by atoms with Crippen molar-refractivity contribution >= 4 is 16.8 Å². The van der Waals surface area contributed by atoms with Gasteiger partial charge in [-0.3, -0.25) is 9.59 Å². The topological polar surface area (TPSA) is 66.3 Å². The predicted molar refractivity (Wildman–Crippen MR) is 83.7 cm³/mol. The number of nitrogens with zero attached hydrogens (tertiary/aromatic N) is 1. The molecule has 0 fully saturated rings. The molecule has 0 saturated carbocycles. The van der Waals surface area contributed by atoms with E-state index in [1.165, 1.54) is 6.26 Å². The van der Waals surface area contributed by atoms with Crippen molar-refractivity contribution in [2.75, 3.05) is 6.54 Å². The zero-order valence-electron chi connectivity index (χ0n) is 12.2. The van der Waals surface area contributed by atoms with Crippen molar-refractivity contribution in [1.29, 1.82) is 0 Å². The Balaban J connectivity index is 1.92. The largest absolute Gasteiger partial charge is 0.459 e. The number of carbonyl (C=O) groups is 1. The van der Waals surface area contributed by atoms with Gasteiger partial charge in [0.1, 0.15) is 0 Å². The van der Waals surface area contributed by atoms with E-state index in [-0.39, 0.29) is 23.8 Å². The third-order valence-corrected chi connectivity index (χ3v) is 3.59. The predicted octanol–water partition coefficient (Wildman–Crippen LogP) is 2.78. The smallest absolute Gasteiger partial charge is 0.289 e. The Morgan fingerprint density at radius 2 is 2.05 bits per heavy atom. The normalized spacial score (nSPS) is 10.8. The van der Waals surface area contributed by atoms with E-state index < -0.39 is 0 Å². The molecule has 1 N–H and O–H groups in total. The lowest BCUT2D eigenvalue weighted by Gasteiger charge is -2.19. The zero-order chi connectivity index (χ0) is 15.5. The number of para-hydroxylation sites is 1. The van der Waals surface area contributed by atoms with E-state index in [4.69, 9.17) is 4.42 Å². The fraction of sp³-hybridized carbons (Fsp3) is 0.176. The van der Waals surface area contributed by atoms with E-state index in [1.54, 1.807) is 17.0 Å². The highest BCUT2D eigenvalue weighted by Gasteiger charge is 2.18. The number of hydrogen-bond acceptors (Lipinski definition) is 3. The summed E-state index contributed by atoms with van der Waals surface area (Å²) in [5, 5.41) is 0.943. The number of aromatic nitrogens is 1. The van der Waals surface area contributed by atoms with Crippen molar-refractivity contribution in [3.63, 3.8) is 0 Å². The van der Waals surface area contributed by atoms with Crippen molar-refractivity contribution < 1.29 is 9.21 Å². The molecule has 2 heterocycles. The van der Waals surface area contributed by atoms with Gasteiger partial charge in [-0.05, 0) is 36.6 Å². The first-order chi connectivity index (χ1) is 10.7. The molecule has 1 amide bonds. The van der Waals surface area contributed by atoms with Gasteiger partial charge in [0.15, 0.2) is 5.76 Å². The average Bonchev–Trinajstić information content (AvgIpc) is 3.06. The Morgan fingerprint density at radius 3 is 2.77 bits per heavy atom. The summed E-state index contributed by atoms with van der Waals surface area (Å²) in [7, 11) is 0. The van der Waals surface area contributed by atoms with Crippen LogP contribution in [0.4, 0.5) is 0 Å². The zero-order valence-corrected chi connectivity index (χ0v) is 12.2. The molecule has 0 atom stereocenters. The summed E-state index contributed by atoms with van der Waals surface area (Å²) in [6.45, 7) is 2.61. The number of nitrogens with one attached hydrogen (secondary N) is 1. The number of fused-ring (bicyclic) bond motifs is 1.